The smallest absolute Gasteiger partial charge is 0.166 e. The van der Waals surface area contributed by atoms with E-state index < -0.39 is 10.8 Å². The Balaban J connectivity index is 2.61. The maximum Gasteiger partial charge on any atom is 0.166 e. The molecule has 2 atom stereocenters. The fraction of sp³-hybridized carbons (Fsp3) is 0.455. The summed E-state index contributed by atoms with van der Waals surface area (Å²) in [7, 11) is -1.21. The minimum Gasteiger partial charge on any atom is -0.489 e. The van der Waals surface area contributed by atoms with Crippen LogP contribution < -0.4 is 15.4 Å². The van der Waals surface area contributed by atoms with Crippen molar-refractivity contribution in [3.63, 3.8) is 0 Å². The van der Waals surface area contributed by atoms with E-state index in [4.69, 9.17) is 21.3 Å². The second-order valence-electron chi connectivity index (χ2n) is 10.5. The zero-order valence-corrected chi connectivity index (χ0v) is 27.5. The van der Waals surface area contributed by atoms with Gasteiger partial charge < -0.3 is 15.4 Å². The van der Waals surface area contributed by atoms with Gasteiger partial charge in [-0.2, -0.15) is 0 Å². The average molecular weight is 600 g/mol. The van der Waals surface area contributed by atoms with Crippen LogP contribution in [0.15, 0.2) is 69.3 Å². The molecule has 0 aromatic heterocycles. The van der Waals surface area contributed by atoms with Crippen LogP contribution in [0.1, 0.15) is 91.1 Å². The van der Waals surface area contributed by atoms with E-state index in [1.807, 2.05) is 105 Å². The summed E-state index contributed by atoms with van der Waals surface area (Å²) in [5.41, 5.74) is 2.98. The number of ketones is 1. The molecule has 2 aromatic carbocycles. The third kappa shape index (κ3) is 9.86. The number of nitrogens with one attached hydrogen (secondary N) is 2. The maximum atomic E-state index is 13.3. The van der Waals surface area contributed by atoms with Crippen LogP contribution >= 0.6 is 11.6 Å². The number of benzene rings is 2. The first kappa shape index (κ1) is 34.3. The average Bonchev–Trinajstić information content (AvgIpc) is 2.94. The third-order valence-electron chi connectivity index (χ3n) is 6.38. The molecule has 41 heavy (non-hydrogen) atoms. The maximum absolute atomic E-state index is 13.3. The molecule has 2 unspecified atom stereocenters. The van der Waals surface area contributed by atoms with Gasteiger partial charge in [-0.15, -0.1) is 0 Å². The first-order valence-corrected chi connectivity index (χ1v) is 16.0. The number of para-hydroxylation sites is 1. The van der Waals surface area contributed by atoms with Crippen LogP contribution in [0.3, 0.4) is 0 Å². The van der Waals surface area contributed by atoms with E-state index >= 15 is 0 Å². The van der Waals surface area contributed by atoms with Gasteiger partial charge in [-0.3, -0.25) is 9.00 Å². The zero-order valence-electron chi connectivity index (χ0n) is 25.9. The topological polar surface area (TPSA) is 79.8 Å². The van der Waals surface area contributed by atoms with Crippen LogP contribution in [-0.2, 0) is 17.2 Å². The summed E-state index contributed by atoms with van der Waals surface area (Å²) >= 11 is 6.72. The van der Waals surface area contributed by atoms with Crippen molar-refractivity contribution < 1.29 is 13.7 Å². The molecule has 0 fully saturated rings. The zero-order chi connectivity index (χ0) is 30.7. The van der Waals surface area contributed by atoms with Crippen LogP contribution in [0.2, 0.25) is 0 Å². The molecule has 0 saturated heterocycles. The summed E-state index contributed by atoms with van der Waals surface area (Å²) < 4.78 is 19.2. The van der Waals surface area contributed by atoms with E-state index in [0.717, 1.165) is 18.4 Å². The fourth-order valence-corrected chi connectivity index (χ4v) is 5.24. The van der Waals surface area contributed by atoms with Crippen molar-refractivity contribution in [1.82, 2.24) is 0 Å². The molecule has 0 radical (unpaired) electrons. The number of hydrogen-bond donors (Lipinski definition) is 2. The van der Waals surface area contributed by atoms with Gasteiger partial charge in [-0.25, -0.2) is 4.99 Å². The minimum atomic E-state index is -1.21. The Morgan fingerprint density at radius 1 is 1.05 bits per heavy atom. The third-order valence-corrected chi connectivity index (χ3v) is 8.33. The largest absolute Gasteiger partial charge is 0.489 e. The number of amidine groups is 1. The predicted octanol–water partition coefficient (Wildman–Crippen LogP) is 9.10. The number of halogens is 1. The van der Waals surface area contributed by atoms with Crippen LogP contribution in [0.25, 0.3) is 0 Å². The molecule has 224 valence electrons. The molecule has 0 spiro atoms. The number of rotatable bonds is 14. The van der Waals surface area contributed by atoms with E-state index in [1.54, 1.807) is 6.08 Å². The lowest BCUT2D eigenvalue weighted by atomic mass is 9.92. The second kappa shape index (κ2) is 16.5. The Labute approximate surface area is 254 Å². The molecule has 0 bridgehead atoms. The molecule has 6 nitrogen and oxygen atoms in total. The van der Waals surface area contributed by atoms with Gasteiger partial charge in [-0.1, -0.05) is 71.4 Å². The Kier molecular flexibility index (Phi) is 13.8. The number of nitrogens with zero attached hydrogens (tertiary/aromatic N) is 1. The number of carbonyl (C=O) groups is 1. The fourth-order valence-electron chi connectivity index (χ4n) is 4.00. The van der Waals surface area contributed by atoms with Gasteiger partial charge in [0.05, 0.1) is 38.2 Å². The number of ether oxygens (including phenoxy) is 1. The number of carbonyl (C=O) groups excluding carboxylic acids is 1. The number of aliphatic imine (C=N–C) groups is 1. The molecule has 0 aliphatic rings. The molecule has 2 aromatic rings. The summed E-state index contributed by atoms with van der Waals surface area (Å²) in [6.45, 7) is 17.7. The number of allylic oxidation sites excluding steroid dienone is 3. The van der Waals surface area contributed by atoms with Gasteiger partial charge in [0.2, 0.25) is 0 Å². The van der Waals surface area contributed by atoms with Gasteiger partial charge in [0, 0.05) is 16.7 Å². The van der Waals surface area contributed by atoms with Gasteiger partial charge in [0.25, 0.3) is 0 Å². The van der Waals surface area contributed by atoms with Crippen molar-refractivity contribution in [1.29, 1.82) is 0 Å². The van der Waals surface area contributed by atoms with E-state index in [9.17, 15) is 9.00 Å². The first-order valence-electron chi connectivity index (χ1n) is 14.5. The highest BCUT2D eigenvalue weighted by molar-refractivity contribution is 7.85. The summed E-state index contributed by atoms with van der Waals surface area (Å²) in [6, 6.07) is 11.3. The molecule has 0 aliphatic heterocycles. The van der Waals surface area contributed by atoms with Crippen molar-refractivity contribution >= 4 is 45.4 Å². The molecule has 0 amide bonds. The lowest BCUT2D eigenvalue weighted by molar-refractivity contribution is 0.0926. The van der Waals surface area contributed by atoms with E-state index in [2.05, 4.69) is 10.6 Å². The summed E-state index contributed by atoms with van der Waals surface area (Å²) in [4.78, 5) is 18.8. The standard InChI is InChI=1S/C33H46ClN3O3S/c1-10-13-16-27(34)33(37-28-17-14-15-18-31(28)41(39)22(6)7)36-24(9)35-29-20-26(32(38)23(8)11-2)25(12-3)19-30(29)40-21(4)5/h13-23,37H,10-12H2,1-9H3,(H,35,36)/b16-13+,33-27-. The van der Waals surface area contributed by atoms with Crippen LogP contribution in [0.5, 0.6) is 5.75 Å². The van der Waals surface area contributed by atoms with E-state index in [1.165, 1.54) is 0 Å². The highest BCUT2D eigenvalue weighted by Crippen LogP contribution is 2.32. The number of Topliss-reactive ketones (excluding diaryl/α,β-unsaturated/α-hetero) is 1. The molecule has 0 heterocycles. The van der Waals surface area contributed by atoms with Crippen LogP contribution in [-0.4, -0.2) is 27.2 Å². The highest BCUT2D eigenvalue weighted by Gasteiger charge is 2.21. The summed E-state index contributed by atoms with van der Waals surface area (Å²) in [5.74, 6) is 1.63. The van der Waals surface area contributed by atoms with Crippen molar-refractivity contribution in [2.75, 3.05) is 10.6 Å². The lowest BCUT2D eigenvalue weighted by Crippen LogP contribution is -2.17. The van der Waals surface area contributed by atoms with Gasteiger partial charge in [-0.05, 0) is 75.9 Å². The number of hydrogen-bond acceptors (Lipinski definition) is 5. The van der Waals surface area contributed by atoms with Gasteiger partial charge in [0.1, 0.15) is 11.6 Å². The van der Waals surface area contributed by atoms with Crippen molar-refractivity contribution in [3.8, 4) is 5.75 Å². The molecule has 8 heteroatoms. The second-order valence-corrected chi connectivity index (χ2v) is 12.9. The Bertz CT molecular complexity index is 1310. The summed E-state index contributed by atoms with van der Waals surface area (Å²) in [6.07, 6.45) is 5.98. The highest BCUT2D eigenvalue weighted by atomic mass is 35.5. The van der Waals surface area contributed by atoms with Crippen molar-refractivity contribution in [2.24, 2.45) is 10.9 Å². The molecule has 0 aliphatic carbocycles. The monoisotopic (exact) mass is 599 g/mol. The Morgan fingerprint density at radius 2 is 1.73 bits per heavy atom. The quantitative estimate of drug-likeness (QED) is 0.0979. The van der Waals surface area contributed by atoms with Crippen LogP contribution in [0, 0.1) is 5.92 Å². The number of aryl methyl sites for hydroxylation is 1. The molecular formula is C33H46ClN3O3S. The first-order chi connectivity index (χ1) is 19.4. The predicted molar refractivity (Wildman–Crippen MR) is 176 cm³/mol. The lowest BCUT2D eigenvalue weighted by Gasteiger charge is -2.20. The van der Waals surface area contributed by atoms with Crippen LogP contribution in [0.4, 0.5) is 11.4 Å². The summed E-state index contributed by atoms with van der Waals surface area (Å²) in [5, 5.41) is 7.03. The SMILES string of the molecule is CC/C=C/C(Cl)=C(\N=C(/C)Nc1cc(C(=O)C(C)CC)c(CC)cc1OC(C)C)Nc1ccccc1S(=O)C(C)C. The molecule has 2 rings (SSSR count). The van der Waals surface area contributed by atoms with Gasteiger partial charge in [0.15, 0.2) is 11.6 Å². The van der Waals surface area contributed by atoms with Crippen molar-refractivity contribution in [3.05, 3.63) is 70.5 Å². The van der Waals surface area contributed by atoms with E-state index in [0.29, 0.717) is 50.7 Å². The normalized spacial score (nSPS) is 14.3. The Morgan fingerprint density at radius 3 is 2.32 bits per heavy atom. The number of anilines is 2. The van der Waals surface area contributed by atoms with E-state index in [-0.39, 0.29) is 23.1 Å². The molecular weight excluding hydrogens is 554 g/mol. The molecule has 2 N–H and O–H groups in total. The van der Waals surface area contributed by atoms with Gasteiger partial charge >= 0.3 is 0 Å². The van der Waals surface area contributed by atoms with Crippen molar-refractivity contribution in [2.45, 2.75) is 97.8 Å². The molecule has 0 saturated carbocycles. The Hall–Kier alpha value is -2.90. The minimum absolute atomic E-state index is 0.0504.